The van der Waals surface area contributed by atoms with Gasteiger partial charge in [0.1, 0.15) is 5.15 Å². The Morgan fingerprint density at radius 1 is 1.48 bits per heavy atom. The first-order chi connectivity index (χ1) is 9.84. The summed E-state index contributed by atoms with van der Waals surface area (Å²) in [7, 11) is 0. The van der Waals surface area contributed by atoms with Gasteiger partial charge >= 0.3 is 5.97 Å². The molecule has 1 atom stereocenters. The van der Waals surface area contributed by atoms with E-state index in [1.54, 1.807) is 30.9 Å². The topological polar surface area (TPSA) is 70.5 Å². The number of hydrogen-bond acceptors (Lipinski definition) is 3. The zero-order chi connectivity index (χ0) is 15.6. The van der Waals surface area contributed by atoms with Crippen LogP contribution in [-0.4, -0.2) is 40.0 Å². The second kappa shape index (κ2) is 6.02. The van der Waals surface area contributed by atoms with E-state index >= 15 is 0 Å². The first-order valence-electron chi connectivity index (χ1n) is 6.97. The van der Waals surface area contributed by atoms with Crippen LogP contribution in [0.5, 0.6) is 0 Å². The van der Waals surface area contributed by atoms with Crippen molar-refractivity contribution in [2.45, 2.75) is 26.7 Å². The maximum Gasteiger partial charge on any atom is 0.309 e. The van der Waals surface area contributed by atoms with E-state index in [4.69, 9.17) is 11.6 Å². The molecule has 2 rings (SSSR count). The van der Waals surface area contributed by atoms with Gasteiger partial charge in [0.2, 0.25) is 0 Å². The summed E-state index contributed by atoms with van der Waals surface area (Å²) in [6.45, 7) is 4.48. The van der Waals surface area contributed by atoms with E-state index in [-0.39, 0.29) is 17.0 Å². The molecule has 0 bridgehead atoms. The highest BCUT2D eigenvalue weighted by Gasteiger charge is 2.40. The zero-order valence-electron chi connectivity index (χ0n) is 12.2. The molecular formula is C15H19ClN2O3. The van der Waals surface area contributed by atoms with Crippen LogP contribution in [0.2, 0.25) is 5.15 Å². The summed E-state index contributed by atoms with van der Waals surface area (Å²) in [5, 5.41) is 9.53. The van der Waals surface area contributed by atoms with Gasteiger partial charge in [0, 0.05) is 19.3 Å². The van der Waals surface area contributed by atoms with Gasteiger partial charge in [-0.25, -0.2) is 4.98 Å². The average Bonchev–Trinajstić information content (AvgIpc) is 2.47. The lowest BCUT2D eigenvalue weighted by Gasteiger charge is -2.39. The van der Waals surface area contributed by atoms with Gasteiger partial charge in [-0.2, -0.15) is 0 Å². The van der Waals surface area contributed by atoms with Crippen LogP contribution in [0.25, 0.3) is 0 Å². The van der Waals surface area contributed by atoms with Crippen molar-refractivity contribution in [2.75, 3.05) is 13.1 Å². The molecule has 1 N–H and O–H groups in total. The van der Waals surface area contributed by atoms with E-state index in [9.17, 15) is 14.7 Å². The van der Waals surface area contributed by atoms with E-state index in [0.717, 1.165) is 12.8 Å². The highest BCUT2D eigenvalue weighted by molar-refractivity contribution is 6.32. The van der Waals surface area contributed by atoms with Crippen molar-refractivity contribution in [2.24, 2.45) is 11.3 Å². The summed E-state index contributed by atoms with van der Waals surface area (Å²) >= 11 is 5.96. The number of rotatable bonds is 3. The number of carboxylic acids is 1. The minimum Gasteiger partial charge on any atom is -0.481 e. The highest BCUT2D eigenvalue weighted by atomic mass is 35.5. The number of halogens is 1. The fraction of sp³-hybridized carbons (Fsp3) is 0.533. The third-order valence-electron chi connectivity index (χ3n) is 4.27. The minimum atomic E-state index is -0.850. The minimum absolute atomic E-state index is 0.0665. The number of carbonyl (C=O) groups is 2. The first-order valence-corrected chi connectivity index (χ1v) is 7.35. The Labute approximate surface area is 128 Å². The molecule has 0 radical (unpaired) electrons. The Hall–Kier alpha value is -1.62. The molecule has 1 unspecified atom stereocenters. The molecule has 1 saturated heterocycles. The summed E-state index contributed by atoms with van der Waals surface area (Å²) in [6, 6.07) is 3.31. The number of nitrogens with zero attached hydrogens (tertiary/aromatic N) is 2. The highest BCUT2D eigenvalue weighted by Crippen LogP contribution is 2.34. The monoisotopic (exact) mass is 310 g/mol. The molecule has 1 aliphatic heterocycles. The second-order valence-corrected chi connectivity index (χ2v) is 6.32. The SMILES string of the molecule is CC(C)(C(=O)O)C1CCCN(C(=O)c2cccnc2Cl)C1. The fourth-order valence-electron chi connectivity index (χ4n) is 2.64. The number of carboxylic acid groups (broad SMARTS) is 1. The third-order valence-corrected chi connectivity index (χ3v) is 4.57. The van der Waals surface area contributed by atoms with Gasteiger partial charge < -0.3 is 10.0 Å². The van der Waals surface area contributed by atoms with Crippen LogP contribution in [0.3, 0.4) is 0 Å². The summed E-state index contributed by atoms with van der Waals surface area (Å²) in [5.41, 5.74) is -0.481. The Kier molecular flexibility index (Phi) is 4.52. The predicted octanol–water partition coefficient (Wildman–Crippen LogP) is 2.70. The van der Waals surface area contributed by atoms with E-state index in [1.807, 2.05) is 0 Å². The van der Waals surface area contributed by atoms with Crippen LogP contribution in [-0.2, 0) is 4.79 Å². The number of pyridine rings is 1. The van der Waals surface area contributed by atoms with Crippen molar-refractivity contribution in [1.82, 2.24) is 9.88 Å². The second-order valence-electron chi connectivity index (χ2n) is 5.96. The van der Waals surface area contributed by atoms with Crippen molar-refractivity contribution in [3.63, 3.8) is 0 Å². The van der Waals surface area contributed by atoms with E-state index in [0.29, 0.717) is 18.7 Å². The number of aromatic nitrogens is 1. The molecule has 1 amide bonds. The molecule has 114 valence electrons. The first kappa shape index (κ1) is 15.8. The van der Waals surface area contributed by atoms with Gasteiger partial charge in [0.25, 0.3) is 5.91 Å². The number of amides is 1. The molecule has 0 spiro atoms. The normalized spacial score (nSPS) is 19.4. The van der Waals surface area contributed by atoms with E-state index < -0.39 is 11.4 Å². The molecule has 2 heterocycles. The smallest absolute Gasteiger partial charge is 0.309 e. The number of hydrogen-bond donors (Lipinski definition) is 1. The van der Waals surface area contributed by atoms with Crippen LogP contribution >= 0.6 is 11.6 Å². The van der Waals surface area contributed by atoms with Crippen molar-refractivity contribution >= 4 is 23.5 Å². The lowest BCUT2D eigenvalue weighted by atomic mass is 9.74. The van der Waals surface area contributed by atoms with Crippen LogP contribution in [0, 0.1) is 11.3 Å². The molecule has 5 nitrogen and oxygen atoms in total. The molecule has 21 heavy (non-hydrogen) atoms. The average molecular weight is 311 g/mol. The predicted molar refractivity (Wildman–Crippen MR) is 79.3 cm³/mol. The number of piperidine rings is 1. The summed E-state index contributed by atoms with van der Waals surface area (Å²) in [4.78, 5) is 29.5. The molecule has 0 saturated carbocycles. The van der Waals surface area contributed by atoms with E-state index in [1.165, 1.54) is 6.20 Å². The lowest BCUT2D eigenvalue weighted by molar-refractivity contribution is -0.151. The Balaban J connectivity index is 2.17. The van der Waals surface area contributed by atoms with Gasteiger partial charge in [-0.15, -0.1) is 0 Å². The fourth-order valence-corrected chi connectivity index (χ4v) is 2.84. The third kappa shape index (κ3) is 3.18. The quantitative estimate of drug-likeness (QED) is 0.871. The summed E-state index contributed by atoms with van der Waals surface area (Å²) in [6.07, 6.45) is 3.14. The molecule has 0 aromatic carbocycles. The van der Waals surface area contributed by atoms with Crippen molar-refractivity contribution in [1.29, 1.82) is 0 Å². The maximum atomic E-state index is 12.5. The van der Waals surface area contributed by atoms with Gasteiger partial charge in [-0.3, -0.25) is 9.59 Å². The van der Waals surface area contributed by atoms with Crippen LogP contribution < -0.4 is 0 Å². The van der Waals surface area contributed by atoms with Crippen molar-refractivity contribution < 1.29 is 14.7 Å². The van der Waals surface area contributed by atoms with Crippen molar-refractivity contribution in [3.8, 4) is 0 Å². The van der Waals surface area contributed by atoms with Crippen molar-refractivity contribution in [3.05, 3.63) is 29.0 Å². The Bertz CT molecular complexity index is 560. The largest absolute Gasteiger partial charge is 0.481 e. The molecular weight excluding hydrogens is 292 g/mol. The van der Waals surface area contributed by atoms with Crippen LogP contribution in [0.1, 0.15) is 37.0 Å². The molecule has 1 aromatic rings. The van der Waals surface area contributed by atoms with Gasteiger partial charge in [0.15, 0.2) is 0 Å². The number of carbonyl (C=O) groups excluding carboxylic acids is 1. The van der Waals surface area contributed by atoms with Gasteiger partial charge in [-0.05, 0) is 44.7 Å². The molecule has 6 heteroatoms. The maximum absolute atomic E-state index is 12.5. The van der Waals surface area contributed by atoms with Crippen LogP contribution in [0.15, 0.2) is 18.3 Å². The standard InChI is InChI=1S/C15H19ClN2O3/c1-15(2,14(20)21)10-5-4-8-18(9-10)13(19)11-6-3-7-17-12(11)16/h3,6-7,10H,4-5,8-9H2,1-2H3,(H,20,21). The summed E-state index contributed by atoms with van der Waals surface area (Å²) < 4.78 is 0. The number of likely N-dealkylation sites (tertiary alicyclic amines) is 1. The molecule has 0 aliphatic carbocycles. The van der Waals surface area contributed by atoms with E-state index in [2.05, 4.69) is 4.98 Å². The molecule has 1 aliphatic rings. The van der Waals surface area contributed by atoms with Crippen LogP contribution in [0.4, 0.5) is 0 Å². The Morgan fingerprint density at radius 3 is 2.81 bits per heavy atom. The molecule has 1 fully saturated rings. The van der Waals surface area contributed by atoms with Gasteiger partial charge in [-0.1, -0.05) is 11.6 Å². The lowest BCUT2D eigenvalue weighted by Crippen LogP contribution is -2.46. The van der Waals surface area contributed by atoms with Gasteiger partial charge in [0.05, 0.1) is 11.0 Å². The summed E-state index contributed by atoms with van der Waals surface area (Å²) in [5.74, 6) is -1.08. The number of aliphatic carboxylic acids is 1. The Morgan fingerprint density at radius 2 is 2.19 bits per heavy atom. The zero-order valence-corrected chi connectivity index (χ0v) is 12.9. The molecule has 1 aromatic heterocycles.